The molecule has 1 heterocycles. The predicted octanol–water partition coefficient (Wildman–Crippen LogP) is 3.42. The molecule has 0 amide bonds. The zero-order valence-electron chi connectivity index (χ0n) is 16.4. The summed E-state index contributed by atoms with van der Waals surface area (Å²) in [5, 5.41) is -0.383. The van der Waals surface area contributed by atoms with Crippen LogP contribution in [0, 0.1) is 5.92 Å². The fraction of sp³-hybridized carbons (Fsp3) is 0.700. The Balaban J connectivity index is 1.92. The maximum Gasteiger partial charge on any atom is 0.180 e. The summed E-state index contributed by atoms with van der Waals surface area (Å²) in [7, 11) is -1.06. The number of benzene rings is 1. The van der Waals surface area contributed by atoms with Gasteiger partial charge in [-0.1, -0.05) is 12.1 Å². The molecule has 25 heavy (non-hydrogen) atoms. The second-order valence-electron chi connectivity index (χ2n) is 8.01. The highest BCUT2D eigenvalue weighted by molar-refractivity contribution is 7.92. The Hall–Kier alpha value is -0.910. The molecule has 0 spiro atoms. The summed E-state index contributed by atoms with van der Waals surface area (Å²) >= 11 is 0. The molecule has 1 aromatic carbocycles. The minimum Gasteiger partial charge on any atom is -0.302 e. The number of hydrogen-bond acceptors (Lipinski definition) is 4. The zero-order valence-corrected chi connectivity index (χ0v) is 17.2. The van der Waals surface area contributed by atoms with Gasteiger partial charge in [0, 0.05) is 19.1 Å². The van der Waals surface area contributed by atoms with Crippen LogP contribution in [-0.4, -0.2) is 56.2 Å². The molecule has 0 radical (unpaired) electrons. The third-order valence-corrected chi connectivity index (χ3v) is 7.40. The van der Waals surface area contributed by atoms with E-state index >= 15 is 0 Å². The molecule has 0 unspecified atom stereocenters. The fourth-order valence-corrected chi connectivity index (χ4v) is 4.69. The molecule has 0 aliphatic carbocycles. The molecule has 142 valence electrons. The van der Waals surface area contributed by atoms with E-state index in [0.717, 1.165) is 24.6 Å². The fourth-order valence-electron chi connectivity index (χ4n) is 3.56. The third kappa shape index (κ3) is 5.53. The second kappa shape index (κ2) is 8.65. The van der Waals surface area contributed by atoms with E-state index in [4.69, 9.17) is 0 Å². The van der Waals surface area contributed by atoms with E-state index in [1.165, 1.54) is 25.9 Å². The SMILES string of the molecule is CC(C)N1CCC(CN(C)Cc2cccc(S(=O)(=O)C(C)C)c2)CC1. The van der Waals surface area contributed by atoms with E-state index in [0.29, 0.717) is 10.9 Å². The Morgan fingerprint density at radius 1 is 1.16 bits per heavy atom. The lowest BCUT2D eigenvalue weighted by Crippen LogP contribution is -2.41. The number of piperidine rings is 1. The maximum absolute atomic E-state index is 12.4. The monoisotopic (exact) mass is 366 g/mol. The van der Waals surface area contributed by atoms with Crippen molar-refractivity contribution in [3.05, 3.63) is 29.8 Å². The third-order valence-electron chi connectivity index (χ3n) is 5.25. The van der Waals surface area contributed by atoms with Gasteiger partial charge in [0.1, 0.15) is 0 Å². The summed E-state index contributed by atoms with van der Waals surface area (Å²) in [5.74, 6) is 0.738. The molecule has 2 rings (SSSR count). The maximum atomic E-state index is 12.4. The Labute approximate surface area is 154 Å². The summed E-state index contributed by atoms with van der Waals surface area (Å²) in [6.07, 6.45) is 2.51. The highest BCUT2D eigenvalue weighted by Crippen LogP contribution is 2.21. The van der Waals surface area contributed by atoms with Crippen LogP contribution in [0.15, 0.2) is 29.2 Å². The van der Waals surface area contributed by atoms with Crippen LogP contribution in [0.25, 0.3) is 0 Å². The highest BCUT2D eigenvalue weighted by Gasteiger charge is 2.22. The molecule has 4 nitrogen and oxygen atoms in total. The summed E-state index contributed by atoms with van der Waals surface area (Å²) in [6, 6.07) is 8.08. The van der Waals surface area contributed by atoms with Crippen molar-refractivity contribution in [1.82, 2.24) is 9.80 Å². The van der Waals surface area contributed by atoms with Gasteiger partial charge in [0.05, 0.1) is 10.1 Å². The second-order valence-corrected chi connectivity index (χ2v) is 10.5. The van der Waals surface area contributed by atoms with Gasteiger partial charge < -0.3 is 9.80 Å². The number of sulfone groups is 1. The zero-order chi connectivity index (χ0) is 18.6. The Morgan fingerprint density at radius 3 is 2.36 bits per heavy atom. The number of rotatable bonds is 7. The molecule has 5 heteroatoms. The summed E-state index contributed by atoms with van der Waals surface area (Å²) in [6.45, 7) is 12.3. The topological polar surface area (TPSA) is 40.6 Å². The summed E-state index contributed by atoms with van der Waals surface area (Å²) < 4.78 is 24.7. The smallest absolute Gasteiger partial charge is 0.180 e. The molecule has 0 saturated carbocycles. The van der Waals surface area contributed by atoms with Crippen molar-refractivity contribution in [3.63, 3.8) is 0 Å². The van der Waals surface area contributed by atoms with Crippen LogP contribution in [0.4, 0.5) is 0 Å². The van der Waals surface area contributed by atoms with Gasteiger partial charge in [0.15, 0.2) is 9.84 Å². The standard InChI is InChI=1S/C20H34N2O2S/c1-16(2)22-11-9-18(10-12-22)14-21(5)15-19-7-6-8-20(13-19)25(23,24)17(3)4/h6-8,13,16-18H,9-12,14-15H2,1-5H3. The molecule has 0 bridgehead atoms. The lowest BCUT2D eigenvalue weighted by atomic mass is 9.95. The first-order valence-electron chi connectivity index (χ1n) is 9.45. The molecule has 0 N–H and O–H groups in total. The van der Waals surface area contributed by atoms with Crippen molar-refractivity contribution in [2.75, 3.05) is 26.7 Å². The van der Waals surface area contributed by atoms with Crippen molar-refractivity contribution in [3.8, 4) is 0 Å². The van der Waals surface area contributed by atoms with Gasteiger partial charge in [-0.25, -0.2) is 8.42 Å². The number of nitrogens with zero attached hydrogens (tertiary/aromatic N) is 2. The van der Waals surface area contributed by atoms with Crippen LogP contribution < -0.4 is 0 Å². The van der Waals surface area contributed by atoms with E-state index in [2.05, 4.69) is 30.7 Å². The van der Waals surface area contributed by atoms with Gasteiger partial charge in [-0.3, -0.25) is 0 Å². The minimum atomic E-state index is -3.20. The van der Waals surface area contributed by atoms with Gasteiger partial charge in [-0.15, -0.1) is 0 Å². The minimum absolute atomic E-state index is 0.383. The first-order valence-corrected chi connectivity index (χ1v) is 11.0. The van der Waals surface area contributed by atoms with Crippen molar-refractivity contribution < 1.29 is 8.42 Å². The quantitative estimate of drug-likeness (QED) is 0.741. The number of hydrogen-bond donors (Lipinski definition) is 0. The predicted molar refractivity (Wildman–Crippen MR) is 105 cm³/mol. The van der Waals surface area contributed by atoms with E-state index in [1.807, 2.05) is 18.2 Å². The Morgan fingerprint density at radius 2 is 1.80 bits per heavy atom. The van der Waals surface area contributed by atoms with Crippen molar-refractivity contribution in [2.24, 2.45) is 5.92 Å². The van der Waals surface area contributed by atoms with Gasteiger partial charge in [-0.05, 0) is 84.3 Å². The van der Waals surface area contributed by atoms with E-state index in [-0.39, 0.29) is 5.25 Å². The first-order chi connectivity index (χ1) is 11.7. The average molecular weight is 367 g/mol. The Bertz CT molecular complexity index is 647. The van der Waals surface area contributed by atoms with Crippen LogP contribution in [0.3, 0.4) is 0 Å². The first kappa shape index (κ1) is 20.4. The van der Waals surface area contributed by atoms with E-state index < -0.39 is 9.84 Å². The molecule has 1 saturated heterocycles. The molecule has 0 atom stereocenters. The van der Waals surface area contributed by atoms with E-state index in [1.54, 1.807) is 19.9 Å². The molecule has 1 aliphatic heterocycles. The summed E-state index contributed by atoms with van der Waals surface area (Å²) in [4.78, 5) is 5.33. The summed E-state index contributed by atoms with van der Waals surface area (Å²) in [5.41, 5.74) is 1.07. The van der Waals surface area contributed by atoms with Gasteiger partial charge in [-0.2, -0.15) is 0 Å². The Kier molecular flexibility index (Phi) is 7.06. The van der Waals surface area contributed by atoms with Crippen LogP contribution in [0.1, 0.15) is 46.1 Å². The van der Waals surface area contributed by atoms with Crippen molar-refractivity contribution in [1.29, 1.82) is 0 Å². The molecule has 1 fully saturated rings. The lowest BCUT2D eigenvalue weighted by Gasteiger charge is -2.36. The van der Waals surface area contributed by atoms with Gasteiger partial charge >= 0.3 is 0 Å². The molecule has 0 aromatic heterocycles. The lowest BCUT2D eigenvalue weighted by molar-refractivity contribution is 0.127. The van der Waals surface area contributed by atoms with Crippen LogP contribution in [-0.2, 0) is 16.4 Å². The van der Waals surface area contributed by atoms with Gasteiger partial charge in [0.2, 0.25) is 0 Å². The van der Waals surface area contributed by atoms with Crippen LogP contribution in [0.5, 0.6) is 0 Å². The van der Waals surface area contributed by atoms with Gasteiger partial charge in [0.25, 0.3) is 0 Å². The largest absolute Gasteiger partial charge is 0.302 e. The van der Waals surface area contributed by atoms with E-state index in [9.17, 15) is 8.42 Å². The van der Waals surface area contributed by atoms with Crippen molar-refractivity contribution >= 4 is 9.84 Å². The normalized spacial score (nSPS) is 17.8. The van der Waals surface area contributed by atoms with Crippen LogP contribution in [0.2, 0.25) is 0 Å². The molecule has 1 aliphatic rings. The highest BCUT2D eigenvalue weighted by atomic mass is 32.2. The molecular formula is C20H34N2O2S. The van der Waals surface area contributed by atoms with Crippen LogP contribution >= 0.6 is 0 Å². The van der Waals surface area contributed by atoms with Crippen molar-refractivity contribution in [2.45, 2.75) is 63.3 Å². The number of likely N-dealkylation sites (tertiary alicyclic amines) is 1. The molecule has 1 aromatic rings. The molecular weight excluding hydrogens is 332 g/mol. The average Bonchev–Trinajstić information content (AvgIpc) is 2.55.